The first-order valence-corrected chi connectivity index (χ1v) is 7.99. The van der Waals surface area contributed by atoms with Gasteiger partial charge < -0.3 is 0 Å². The molecule has 0 spiro atoms. The number of imide groups is 1. The summed E-state index contributed by atoms with van der Waals surface area (Å²) in [5, 5.41) is 0. The Bertz CT molecular complexity index is 516. The van der Waals surface area contributed by atoms with Crippen molar-refractivity contribution in [3.8, 4) is 0 Å². The molecule has 3 nitrogen and oxygen atoms in total. The van der Waals surface area contributed by atoms with E-state index < -0.39 is 0 Å². The zero-order valence-corrected chi connectivity index (χ0v) is 13.1. The molecule has 1 saturated heterocycles. The maximum absolute atomic E-state index is 12.4. The Balaban J connectivity index is 1.75. The number of hydrogen-bond acceptors (Lipinski definition) is 2. The highest BCUT2D eigenvalue weighted by molar-refractivity contribution is 9.10. The minimum Gasteiger partial charge on any atom is -0.278 e. The molecule has 2 fully saturated rings. The first-order valence-electron chi connectivity index (χ1n) is 7.19. The van der Waals surface area contributed by atoms with Gasteiger partial charge in [0.05, 0.1) is 18.4 Å². The molecule has 1 aliphatic carbocycles. The van der Waals surface area contributed by atoms with Gasteiger partial charge >= 0.3 is 0 Å². The molecular formula is C16H18BrNO2. The molecule has 2 aliphatic rings. The summed E-state index contributed by atoms with van der Waals surface area (Å²) in [4.78, 5) is 26.3. The van der Waals surface area contributed by atoms with Gasteiger partial charge in [0.1, 0.15) is 0 Å². The zero-order chi connectivity index (χ0) is 14.3. The summed E-state index contributed by atoms with van der Waals surface area (Å²) in [5.74, 6) is 0.524. The van der Waals surface area contributed by atoms with Crippen molar-refractivity contribution in [1.29, 1.82) is 0 Å². The number of benzene rings is 1. The molecule has 1 aromatic rings. The van der Waals surface area contributed by atoms with Crippen molar-refractivity contribution in [3.63, 3.8) is 0 Å². The molecule has 3 rings (SSSR count). The van der Waals surface area contributed by atoms with E-state index in [4.69, 9.17) is 0 Å². The number of fused-ring (bicyclic) bond motifs is 1. The molecule has 1 aliphatic heterocycles. The molecule has 20 heavy (non-hydrogen) atoms. The first kappa shape index (κ1) is 13.8. The van der Waals surface area contributed by atoms with Crippen LogP contribution in [0, 0.1) is 17.8 Å². The largest absolute Gasteiger partial charge is 0.278 e. The van der Waals surface area contributed by atoms with E-state index in [1.54, 1.807) is 0 Å². The van der Waals surface area contributed by atoms with Crippen molar-refractivity contribution in [2.45, 2.75) is 32.7 Å². The number of likely N-dealkylation sites (tertiary alicyclic amines) is 1. The van der Waals surface area contributed by atoms with E-state index in [0.29, 0.717) is 12.5 Å². The lowest BCUT2D eigenvalue weighted by Crippen LogP contribution is -2.31. The normalized spacial score (nSPS) is 29.1. The number of halogens is 1. The van der Waals surface area contributed by atoms with Gasteiger partial charge in [0.25, 0.3) is 0 Å². The lowest BCUT2D eigenvalue weighted by molar-refractivity contribution is -0.141. The molecule has 0 radical (unpaired) electrons. The van der Waals surface area contributed by atoms with Crippen LogP contribution in [0.15, 0.2) is 28.7 Å². The fourth-order valence-corrected chi connectivity index (χ4v) is 3.72. The summed E-state index contributed by atoms with van der Waals surface area (Å²) in [7, 11) is 0. The quantitative estimate of drug-likeness (QED) is 0.794. The molecule has 4 heteroatoms. The Labute approximate surface area is 127 Å². The van der Waals surface area contributed by atoms with Crippen molar-refractivity contribution >= 4 is 27.7 Å². The van der Waals surface area contributed by atoms with E-state index in [1.807, 2.05) is 24.3 Å². The van der Waals surface area contributed by atoms with E-state index in [2.05, 4.69) is 22.9 Å². The first-order chi connectivity index (χ1) is 9.60. The van der Waals surface area contributed by atoms with Crippen LogP contribution in [0.5, 0.6) is 0 Å². The Hall–Kier alpha value is -1.16. The summed E-state index contributed by atoms with van der Waals surface area (Å²) in [6.45, 7) is 2.55. The number of nitrogens with zero attached hydrogens (tertiary/aromatic N) is 1. The molecule has 0 bridgehead atoms. The van der Waals surface area contributed by atoms with Crippen molar-refractivity contribution < 1.29 is 9.59 Å². The molecule has 2 amide bonds. The lowest BCUT2D eigenvalue weighted by atomic mass is 10.00. The van der Waals surface area contributed by atoms with Crippen molar-refractivity contribution in [3.05, 3.63) is 34.3 Å². The van der Waals surface area contributed by atoms with Gasteiger partial charge in [0.2, 0.25) is 11.8 Å². The van der Waals surface area contributed by atoms with Crippen LogP contribution >= 0.6 is 15.9 Å². The molecule has 1 saturated carbocycles. The topological polar surface area (TPSA) is 37.4 Å². The maximum Gasteiger partial charge on any atom is 0.233 e. The minimum atomic E-state index is -0.0529. The number of carbonyl (C=O) groups excluding carboxylic acids is 2. The molecule has 1 heterocycles. The van der Waals surface area contributed by atoms with Crippen LogP contribution in [0.3, 0.4) is 0 Å². The molecule has 2 atom stereocenters. The molecule has 0 N–H and O–H groups in total. The van der Waals surface area contributed by atoms with E-state index >= 15 is 0 Å². The van der Waals surface area contributed by atoms with Crippen LogP contribution in [-0.4, -0.2) is 16.7 Å². The second-order valence-electron chi connectivity index (χ2n) is 5.85. The Morgan fingerprint density at radius 1 is 1.10 bits per heavy atom. The fourth-order valence-electron chi connectivity index (χ4n) is 3.46. The Morgan fingerprint density at radius 3 is 2.15 bits per heavy atom. The maximum atomic E-state index is 12.4. The Morgan fingerprint density at radius 2 is 1.65 bits per heavy atom. The van der Waals surface area contributed by atoms with Gasteiger partial charge in [-0.2, -0.15) is 0 Å². The van der Waals surface area contributed by atoms with E-state index in [-0.39, 0.29) is 23.7 Å². The van der Waals surface area contributed by atoms with Crippen LogP contribution in [0.25, 0.3) is 0 Å². The number of rotatable bonds is 3. The average Bonchev–Trinajstić information content (AvgIpc) is 2.97. The monoisotopic (exact) mass is 335 g/mol. The molecule has 0 aromatic heterocycles. The van der Waals surface area contributed by atoms with Crippen LogP contribution < -0.4 is 0 Å². The summed E-state index contributed by atoms with van der Waals surface area (Å²) < 4.78 is 1.00. The fraction of sp³-hybridized carbons (Fsp3) is 0.500. The van der Waals surface area contributed by atoms with Gasteiger partial charge in [-0.3, -0.25) is 14.5 Å². The van der Waals surface area contributed by atoms with Crippen LogP contribution in [0.1, 0.15) is 31.7 Å². The highest BCUT2D eigenvalue weighted by Gasteiger charge is 2.51. The van der Waals surface area contributed by atoms with Gasteiger partial charge in [-0.1, -0.05) is 41.4 Å². The van der Waals surface area contributed by atoms with E-state index in [1.165, 1.54) is 4.90 Å². The molecular weight excluding hydrogens is 318 g/mol. The third kappa shape index (κ3) is 2.30. The summed E-state index contributed by atoms with van der Waals surface area (Å²) in [6, 6.07) is 7.78. The second kappa shape index (κ2) is 5.32. The van der Waals surface area contributed by atoms with Crippen molar-refractivity contribution in [2.75, 3.05) is 0 Å². The third-order valence-corrected chi connectivity index (χ3v) is 5.19. The average molecular weight is 336 g/mol. The summed E-state index contributed by atoms with van der Waals surface area (Å²) >= 11 is 3.39. The van der Waals surface area contributed by atoms with Crippen LogP contribution in [0.2, 0.25) is 0 Å². The Kier molecular flexibility index (Phi) is 3.67. The number of amides is 2. The molecule has 2 unspecified atom stereocenters. The lowest BCUT2D eigenvalue weighted by Gasteiger charge is -2.17. The van der Waals surface area contributed by atoms with Crippen molar-refractivity contribution in [1.82, 2.24) is 4.90 Å². The minimum absolute atomic E-state index is 0.0406. The van der Waals surface area contributed by atoms with Gasteiger partial charge in [-0.05, 0) is 36.5 Å². The summed E-state index contributed by atoms with van der Waals surface area (Å²) in [6.07, 6.45) is 2.85. The van der Waals surface area contributed by atoms with E-state index in [0.717, 1.165) is 29.3 Å². The molecule has 106 valence electrons. The predicted octanol–water partition coefficient (Wildman–Crippen LogP) is 3.37. The zero-order valence-electron chi connectivity index (χ0n) is 11.5. The SMILES string of the molecule is CCC1CC2C(=O)N(Cc3ccc(Br)cc3)C(=O)C2C1. The van der Waals surface area contributed by atoms with Gasteiger partial charge in [-0.15, -0.1) is 0 Å². The highest BCUT2D eigenvalue weighted by Crippen LogP contribution is 2.44. The smallest absolute Gasteiger partial charge is 0.233 e. The number of carbonyl (C=O) groups is 2. The van der Waals surface area contributed by atoms with E-state index in [9.17, 15) is 9.59 Å². The van der Waals surface area contributed by atoms with Crippen molar-refractivity contribution in [2.24, 2.45) is 17.8 Å². The summed E-state index contributed by atoms with van der Waals surface area (Å²) in [5.41, 5.74) is 1.00. The highest BCUT2D eigenvalue weighted by atomic mass is 79.9. The molecule has 1 aromatic carbocycles. The van der Waals surface area contributed by atoms with Crippen LogP contribution in [-0.2, 0) is 16.1 Å². The van der Waals surface area contributed by atoms with Gasteiger partial charge in [0.15, 0.2) is 0 Å². The predicted molar refractivity (Wildman–Crippen MR) is 79.7 cm³/mol. The standard InChI is InChI=1S/C16H18BrNO2/c1-2-10-7-13-14(8-10)16(20)18(15(13)19)9-11-3-5-12(17)6-4-11/h3-6,10,13-14H,2,7-9H2,1H3. The number of hydrogen-bond donors (Lipinski definition) is 0. The van der Waals surface area contributed by atoms with Crippen LogP contribution in [0.4, 0.5) is 0 Å². The van der Waals surface area contributed by atoms with Gasteiger partial charge in [0, 0.05) is 4.47 Å². The van der Waals surface area contributed by atoms with Gasteiger partial charge in [-0.25, -0.2) is 0 Å². The third-order valence-electron chi connectivity index (χ3n) is 4.66. The second-order valence-corrected chi connectivity index (χ2v) is 6.76.